The van der Waals surface area contributed by atoms with Crippen LogP contribution in [0.25, 0.3) is 0 Å². The summed E-state index contributed by atoms with van der Waals surface area (Å²) in [5.74, 6) is 2.07. The molecule has 1 aromatic carbocycles. The van der Waals surface area contributed by atoms with Crippen LogP contribution in [-0.2, 0) is 19.3 Å². The van der Waals surface area contributed by atoms with Crippen molar-refractivity contribution in [2.75, 3.05) is 25.0 Å². The molecule has 0 unspecified atom stereocenters. The number of anilines is 1. The van der Waals surface area contributed by atoms with Gasteiger partial charge in [-0.3, -0.25) is 0 Å². The number of aliphatic hydroxyl groups is 1. The number of nitrogens with one attached hydrogen (secondary N) is 2. The minimum absolute atomic E-state index is 0. The Hall–Kier alpha value is -1.69. The molecule has 2 aromatic rings. The smallest absolute Gasteiger partial charge is 0.135 e. The van der Waals surface area contributed by atoms with Crippen molar-refractivity contribution >= 4 is 18.2 Å². The molecule has 0 aliphatic carbocycles. The molecule has 0 bridgehead atoms. The van der Waals surface area contributed by atoms with Gasteiger partial charge in [0.1, 0.15) is 11.6 Å². The van der Waals surface area contributed by atoms with Gasteiger partial charge in [0.2, 0.25) is 0 Å². The Morgan fingerprint density at radius 2 is 1.85 bits per heavy atom. The van der Waals surface area contributed by atoms with E-state index in [2.05, 4.69) is 36.6 Å². The van der Waals surface area contributed by atoms with Crippen LogP contribution in [0, 0.1) is 5.92 Å². The Kier molecular flexibility index (Phi) is 7.82. The summed E-state index contributed by atoms with van der Waals surface area (Å²) in [6.45, 7) is 6.21. The van der Waals surface area contributed by atoms with E-state index in [9.17, 15) is 5.11 Å². The molecule has 2 heterocycles. The second-order valence-corrected chi connectivity index (χ2v) is 7.00. The quantitative estimate of drug-likeness (QED) is 0.723. The Morgan fingerprint density at radius 3 is 2.54 bits per heavy atom. The fourth-order valence-electron chi connectivity index (χ4n) is 3.17. The number of aromatic nitrogens is 2. The van der Waals surface area contributed by atoms with Crippen molar-refractivity contribution in [3.8, 4) is 0 Å². The maximum absolute atomic E-state index is 9.70. The molecule has 1 aliphatic rings. The average molecular weight is 377 g/mol. The largest absolute Gasteiger partial charge is 0.394 e. The lowest BCUT2D eigenvalue weighted by Gasteiger charge is -2.23. The van der Waals surface area contributed by atoms with Gasteiger partial charge in [0.15, 0.2) is 0 Å². The Labute approximate surface area is 162 Å². The molecule has 6 heteroatoms. The zero-order valence-electron chi connectivity index (χ0n) is 15.5. The van der Waals surface area contributed by atoms with E-state index in [4.69, 9.17) is 9.97 Å². The number of aliphatic hydroxyl groups excluding tert-OH is 1. The molecule has 1 atom stereocenters. The van der Waals surface area contributed by atoms with Crippen molar-refractivity contribution in [1.29, 1.82) is 0 Å². The van der Waals surface area contributed by atoms with Gasteiger partial charge in [-0.25, -0.2) is 9.97 Å². The van der Waals surface area contributed by atoms with Gasteiger partial charge in [0.25, 0.3) is 0 Å². The topological polar surface area (TPSA) is 70.1 Å². The average Bonchev–Trinajstić information content (AvgIpc) is 2.85. The lowest BCUT2D eigenvalue weighted by molar-refractivity contribution is 0.249. The molecule has 0 amide bonds. The van der Waals surface area contributed by atoms with Crippen molar-refractivity contribution in [2.45, 2.75) is 39.2 Å². The fourth-order valence-corrected chi connectivity index (χ4v) is 3.17. The van der Waals surface area contributed by atoms with Crippen molar-refractivity contribution < 1.29 is 5.11 Å². The Balaban J connectivity index is 0.00000243. The lowest BCUT2D eigenvalue weighted by atomic mass is 10.0. The second-order valence-electron chi connectivity index (χ2n) is 7.00. The van der Waals surface area contributed by atoms with Crippen molar-refractivity contribution in [1.82, 2.24) is 15.3 Å². The first-order chi connectivity index (χ1) is 12.2. The molecule has 3 N–H and O–H groups in total. The molecule has 0 saturated carbocycles. The van der Waals surface area contributed by atoms with Crippen molar-refractivity contribution in [2.24, 2.45) is 5.92 Å². The molecule has 1 aliphatic heterocycles. The summed E-state index contributed by atoms with van der Waals surface area (Å²) >= 11 is 0. The molecular weight excluding hydrogens is 348 g/mol. The number of rotatable bonds is 6. The van der Waals surface area contributed by atoms with Crippen LogP contribution in [0.5, 0.6) is 0 Å². The first kappa shape index (κ1) is 20.6. The summed E-state index contributed by atoms with van der Waals surface area (Å²) in [6, 6.07) is 10.3. The highest BCUT2D eigenvalue weighted by molar-refractivity contribution is 5.85. The molecule has 5 nitrogen and oxygen atoms in total. The first-order valence-electron chi connectivity index (χ1n) is 9.18. The Bertz CT molecular complexity index is 694. The summed E-state index contributed by atoms with van der Waals surface area (Å²) in [6.07, 6.45) is 2.56. The summed E-state index contributed by atoms with van der Waals surface area (Å²) in [5.41, 5.74) is 3.54. The number of halogens is 1. The molecule has 0 spiro atoms. The van der Waals surface area contributed by atoms with E-state index >= 15 is 0 Å². The summed E-state index contributed by atoms with van der Waals surface area (Å²) in [4.78, 5) is 9.69. The third-order valence-corrected chi connectivity index (χ3v) is 4.76. The maximum Gasteiger partial charge on any atom is 0.135 e. The zero-order chi connectivity index (χ0) is 17.6. The zero-order valence-corrected chi connectivity index (χ0v) is 16.4. The van der Waals surface area contributed by atoms with E-state index in [1.54, 1.807) is 0 Å². The number of hydrogen-bond acceptors (Lipinski definition) is 5. The van der Waals surface area contributed by atoms with Gasteiger partial charge in [-0.05, 0) is 24.4 Å². The normalized spacial score (nSPS) is 14.9. The monoisotopic (exact) mass is 376 g/mol. The molecule has 3 rings (SSSR count). The highest BCUT2D eigenvalue weighted by Crippen LogP contribution is 2.22. The van der Waals surface area contributed by atoms with E-state index in [0.717, 1.165) is 49.7 Å². The SMILES string of the molecule is CC(C)[C@@H](CO)Nc1nc(Cc2ccccc2)nc2c1CCNCC2.Cl. The second kappa shape index (κ2) is 9.86. The van der Waals surface area contributed by atoms with Crippen LogP contribution in [0.1, 0.15) is 36.5 Å². The third-order valence-electron chi connectivity index (χ3n) is 4.76. The number of hydrogen-bond donors (Lipinski definition) is 3. The van der Waals surface area contributed by atoms with Gasteiger partial charge in [0.05, 0.1) is 18.3 Å². The summed E-state index contributed by atoms with van der Waals surface area (Å²) < 4.78 is 0. The van der Waals surface area contributed by atoms with E-state index < -0.39 is 0 Å². The number of fused-ring (bicyclic) bond motifs is 1. The van der Waals surface area contributed by atoms with Gasteiger partial charge in [0, 0.05) is 24.9 Å². The summed E-state index contributed by atoms with van der Waals surface area (Å²) in [7, 11) is 0. The van der Waals surface area contributed by atoms with Gasteiger partial charge < -0.3 is 15.7 Å². The fraction of sp³-hybridized carbons (Fsp3) is 0.500. The highest BCUT2D eigenvalue weighted by atomic mass is 35.5. The maximum atomic E-state index is 9.70. The van der Waals surface area contributed by atoms with E-state index in [1.165, 1.54) is 11.1 Å². The predicted octanol–water partition coefficient (Wildman–Crippen LogP) is 2.61. The molecule has 26 heavy (non-hydrogen) atoms. The first-order valence-corrected chi connectivity index (χ1v) is 9.18. The Morgan fingerprint density at radius 1 is 1.12 bits per heavy atom. The molecule has 1 aromatic heterocycles. The van der Waals surface area contributed by atoms with Crippen molar-refractivity contribution in [3.05, 3.63) is 53.0 Å². The van der Waals surface area contributed by atoms with Crippen LogP contribution < -0.4 is 10.6 Å². The van der Waals surface area contributed by atoms with Gasteiger partial charge >= 0.3 is 0 Å². The van der Waals surface area contributed by atoms with Crippen LogP contribution in [0.3, 0.4) is 0 Å². The molecule has 0 radical (unpaired) electrons. The summed E-state index contributed by atoms with van der Waals surface area (Å²) in [5, 5.41) is 16.6. The predicted molar refractivity (Wildman–Crippen MR) is 108 cm³/mol. The third kappa shape index (κ3) is 5.16. The molecule has 0 saturated heterocycles. The van der Waals surface area contributed by atoms with Gasteiger partial charge in [-0.15, -0.1) is 12.4 Å². The van der Waals surface area contributed by atoms with Gasteiger partial charge in [-0.1, -0.05) is 44.2 Å². The standard InChI is InChI=1S/C20H28N4O.ClH/c1-14(2)18(13-25)23-20-16-8-10-21-11-9-17(16)22-19(24-20)12-15-6-4-3-5-7-15;/h3-7,14,18,21,25H,8-13H2,1-2H3,(H,22,23,24);1H/t18-;/m1./s1. The molecule has 0 fully saturated rings. The van der Waals surface area contributed by atoms with Crippen LogP contribution in [-0.4, -0.2) is 40.8 Å². The lowest BCUT2D eigenvalue weighted by Crippen LogP contribution is -2.31. The van der Waals surface area contributed by atoms with Crippen LogP contribution in [0.15, 0.2) is 30.3 Å². The minimum atomic E-state index is -0.000197. The van der Waals surface area contributed by atoms with E-state index in [0.29, 0.717) is 5.92 Å². The minimum Gasteiger partial charge on any atom is -0.394 e. The van der Waals surface area contributed by atoms with Crippen LogP contribution >= 0.6 is 12.4 Å². The number of benzene rings is 1. The molecule has 142 valence electrons. The van der Waals surface area contributed by atoms with Crippen LogP contribution in [0.4, 0.5) is 5.82 Å². The number of nitrogens with zero attached hydrogens (tertiary/aromatic N) is 2. The van der Waals surface area contributed by atoms with Crippen molar-refractivity contribution in [3.63, 3.8) is 0 Å². The molecular formula is C20H29ClN4O. The van der Waals surface area contributed by atoms with Crippen LogP contribution in [0.2, 0.25) is 0 Å². The van der Waals surface area contributed by atoms with E-state index in [1.807, 2.05) is 18.2 Å². The van der Waals surface area contributed by atoms with E-state index in [-0.39, 0.29) is 25.1 Å². The highest BCUT2D eigenvalue weighted by Gasteiger charge is 2.20. The van der Waals surface area contributed by atoms with Gasteiger partial charge in [-0.2, -0.15) is 0 Å².